The number of nitrogens with one attached hydrogen (secondary N) is 1. The van der Waals surface area contributed by atoms with Gasteiger partial charge in [0.25, 0.3) is 5.91 Å². The highest BCUT2D eigenvalue weighted by atomic mass is 32.1. The molecule has 3 rings (SSSR count). The number of nitrogens with two attached hydrogens (primary N) is 1. The number of carbonyl (C=O) groups excluding carboxylic acids is 2. The topological polar surface area (TPSA) is 88.3 Å². The highest BCUT2D eigenvalue weighted by Gasteiger charge is 2.24. The fourth-order valence-corrected chi connectivity index (χ4v) is 3.37. The van der Waals surface area contributed by atoms with Crippen LogP contribution in [-0.4, -0.2) is 28.2 Å². The van der Waals surface area contributed by atoms with Crippen LogP contribution in [0.2, 0.25) is 0 Å². The molecule has 7 heteroatoms. The second-order valence-electron chi connectivity index (χ2n) is 5.12. The van der Waals surface area contributed by atoms with E-state index in [1.165, 1.54) is 11.3 Å². The van der Waals surface area contributed by atoms with E-state index in [0.717, 1.165) is 10.6 Å². The summed E-state index contributed by atoms with van der Waals surface area (Å²) >= 11 is 1.33. The third-order valence-electron chi connectivity index (χ3n) is 3.58. The minimum Gasteiger partial charge on any atom is -0.397 e. The standard InChI is InChI=1S/C15H16N4O2S/c1-9(20)19-7-6-12-13(8-19)22-15(18-12)14(21)17-11-5-3-2-4-10(11)16/h2-5H,6-8,16H2,1H3,(H,17,21). The van der Waals surface area contributed by atoms with E-state index in [1.807, 2.05) is 12.1 Å². The maximum Gasteiger partial charge on any atom is 0.284 e. The van der Waals surface area contributed by atoms with E-state index in [4.69, 9.17) is 5.73 Å². The van der Waals surface area contributed by atoms with Crippen LogP contribution in [-0.2, 0) is 17.8 Å². The largest absolute Gasteiger partial charge is 0.397 e. The van der Waals surface area contributed by atoms with Gasteiger partial charge in [-0.15, -0.1) is 11.3 Å². The van der Waals surface area contributed by atoms with E-state index in [1.54, 1.807) is 24.0 Å². The molecule has 0 unspecified atom stereocenters. The van der Waals surface area contributed by atoms with E-state index in [9.17, 15) is 9.59 Å². The van der Waals surface area contributed by atoms with Crippen molar-refractivity contribution in [2.45, 2.75) is 19.9 Å². The zero-order valence-corrected chi connectivity index (χ0v) is 12.9. The van der Waals surface area contributed by atoms with E-state index in [2.05, 4.69) is 10.3 Å². The number of anilines is 2. The average Bonchev–Trinajstić information content (AvgIpc) is 2.92. The number of nitrogen functional groups attached to an aromatic ring is 1. The number of hydrogen-bond acceptors (Lipinski definition) is 5. The summed E-state index contributed by atoms with van der Waals surface area (Å²) in [7, 11) is 0. The molecule has 0 spiro atoms. The molecule has 0 fully saturated rings. The van der Waals surface area contributed by atoms with Crippen molar-refractivity contribution >= 4 is 34.5 Å². The average molecular weight is 316 g/mol. The predicted octanol–water partition coefficient (Wildman–Crippen LogP) is 1.88. The fraction of sp³-hybridized carbons (Fsp3) is 0.267. The summed E-state index contributed by atoms with van der Waals surface area (Å²) in [5.74, 6) is -0.228. The molecule has 0 radical (unpaired) electrons. The van der Waals surface area contributed by atoms with Crippen molar-refractivity contribution in [3.8, 4) is 0 Å². The van der Waals surface area contributed by atoms with Gasteiger partial charge in [0.15, 0.2) is 5.01 Å². The van der Waals surface area contributed by atoms with E-state index < -0.39 is 0 Å². The van der Waals surface area contributed by atoms with Crippen molar-refractivity contribution in [3.05, 3.63) is 39.8 Å². The smallest absolute Gasteiger partial charge is 0.284 e. The summed E-state index contributed by atoms with van der Waals surface area (Å²) in [6.07, 6.45) is 0.687. The van der Waals surface area contributed by atoms with Crippen LogP contribution in [0.3, 0.4) is 0 Å². The van der Waals surface area contributed by atoms with Gasteiger partial charge in [0, 0.05) is 24.8 Å². The molecule has 1 aromatic heterocycles. The van der Waals surface area contributed by atoms with Gasteiger partial charge in [0.05, 0.1) is 23.6 Å². The molecule has 3 N–H and O–H groups in total. The summed E-state index contributed by atoms with van der Waals surface area (Å²) < 4.78 is 0. The number of nitrogens with zero attached hydrogens (tertiary/aromatic N) is 2. The van der Waals surface area contributed by atoms with Gasteiger partial charge in [0.2, 0.25) is 5.91 Å². The van der Waals surface area contributed by atoms with Crippen molar-refractivity contribution in [2.24, 2.45) is 0 Å². The van der Waals surface area contributed by atoms with E-state index in [0.29, 0.717) is 35.9 Å². The summed E-state index contributed by atoms with van der Waals surface area (Å²) in [5, 5.41) is 3.17. The van der Waals surface area contributed by atoms with E-state index in [-0.39, 0.29) is 11.8 Å². The van der Waals surface area contributed by atoms with Gasteiger partial charge in [0.1, 0.15) is 0 Å². The SMILES string of the molecule is CC(=O)N1CCc2nc(C(=O)Nc3ccccc3N)sc2C1. The summed E-state index contributed by atoms with van der Waals surface area (Å²) in [5.41, 5.74) is 7.82. The molecule has 0 bridgehead atoms. The normalized spacial score (nSPS) is 13.6. The third kappa shape index (κ3) is 2.80. The Kier molecular flexibility index (Phi) is 3.81. The molecule has 0 atom stereocenters. The number of rotatable bonds is 2. The van der Waals surface area contributed by atoms with Gasteiger partial charge in [-0.05, 0) is 12.1 Å². The number of hydrogen-bond donors (Lipinski definition) is 2. The second kappa shape index (κ2) is 5.76. The molecule has 22 heavy (non-hydrogen) atoms. The Morgan fingerprint density at radius 3 is 2.86 bits per heavy atom. The van der Waals surface area contributed by atoms with Crippen LogP contribution in [0.4, 0.5) is 11.4 Å². The Hall–Kier alpha value is -2.41. The first kappa shape index (κ1) is 14.5. The van der Waals surface area contributed by atoms with Crippen LogP contribution in [0, 0.1) is 0 Å². The lowest BCUT2D eigenvalue weighted by molar-refractivity contribution is -0.129. The number of benzene rings is 1. The molecule has 0 saturated heterocycles. The summed E-state index contributed by atoms with van der Waals surface area (Å²) in [6.45, 7) is 2.74. The zero-order chi connectivity index (χ0) is 15.7. The maximum absolute atomic E-state index is 12.3. The molecule has 1 aromatic carbocycles. The number of amides is 2. The van der Waals surface area contributed by atoms with Crippen LogP contribution in [0.15, 0.2) is 24.3 Å². The Morgan fingerprint density at radius 2 is 2.14 bits per heavy atom. The Morgan fingerprint density at radius 1 is 1.36 bits per heavy atom. The Labute approximate surface area is 132 Å². The van der Waals surface area contributed by atoms with Gasteiger partial charge in [-0.25, -0.2) is 4.98 Å². The van der Waals surface area contributed by atoms with Crippen molar-refractivity contribution in [1.82, 2.24) is 9.88 Å². The first-order chi connectivity index (χ1) is 10.5. The van der Waals surface area contributed by atoms with Gasteiger partial charge < -0.3 is 16.0 Å². The quantitative estimate of drug-likeness (QED) is 0.828. The van der Waals surface area contributed by atoms with Crippen LogP contribution in [0.5, 0.6) is 0 Å². The first-order valence-corrected chi connectivity index (χ1v) is 7.76. The van der Waals surface area contributed by atoms with Crippen molar-refractivity contribution < 1.29 is 9.59 Å². The monoisotopic (exact) mass is 316 g/mol. The van der Waals surface area contributed by atoms with E-state index >= 15 is 0 Å². The van der Waals surface area contributed by atoms with Gasteiger partial charge in [-0.2, -0.15) is 0 Å². The molecule has 114 valence electrons. The molecule has 2 amide bonds. The van der Waals surface area contributed by atoms with Gasteiger partial charge in [-0.3, -0.25) is 9.59 Å². The van der Waals surface area contributed by atoms with Gasteiger partial charge in [-0.1, -0.05) is 12.1 Å². The lowest BCUT2D eigenvalue weighted by Crippen LogP contribution is -2.33. The van der Waals surface area contributed by atoms with Crippen LogP contribution in [0.25, 0.3) is 0 Å². The fourth-order valence-electron chi connectivity index (χ4n) is 2.35. The summed E-state index contributed by atoms with van der Waals surface area (Å²) in [4.78, 5) is 30.9. The Bertz CT molecular complexity index is 741. The van der Waals surface area contributed by atoms with Crippen LogP contribution in [0.1, 0.15) is 27.3 Å². The van der Waals surface area contributed by atoms with Crippen molar-refractivity contribution in [2.75, 3.05) is 17.6 Å². The molecule has 0 saturated carbocycles. The predicted molar refractivity (Wildman–Crippen MR) is 85.7 cm³/mol. The third-order valence-corrected chi connectivity index (χ3v) is 4.66. The molecule has 6 nitrogen and oxygen atoms in total. The molecule has 1 aliphatic heterocycles. The lowest BCUT2D eigenvalue weighted by atomic mass is 10.2. The Balaban J connectivity index is 1.78. The molecular weight excluding hydrogens is 300 g/mol. The lowest BCUT2D eigenvalue weighted by Gasteiger charge is -2.24. The van der Waals surface area contributed by atoms with Crippen molar-refractivity contribution in [1.29, 1.82) is 0 Å². The van der Waals surface area contributed by atoms with Crippen LogP contribution >= 0.6 is 11.3 Å². The number of para-hydroxylation sites is 2. The molecule has 1 aliphatic rings. The molecule has 0 aliphatic carbocycles. The molecular formula is C15H16N4O2S. The second-order valence-corrected chi connectivity index (χ2v) is 6.20. The van der Waals surface area contributed by atoms with Crippen molar-refractivity contribution in [3.63, 3.8) is 0 Å². The van der Waals surface area contributed by atoms with Gasteiger partial charge >= 0.3 is 0 Å². The highest BCUT2D eigenvalue weighted by molar-refractivity contribution is 7.13. The zero-order valence-electron chi connectivity index (χ0n) is 12.1. The number of thiazole rings is 1. The van der Waals surface area contributed by atoms with Crippen LogP contribution < -0.4 is 11.1 Å². The molecule has 2 aromatic rings. The number of aromatic nitrogens is 1. The molecule has 2 heterocycles. The summed E-state index contributed by atoms with van der Waals surface area (Å²) in [6, 6.07) is 7.10. The maximum atomic E-state index is 12.3. The minimum atomic E-state index is -0.272. The number of carbonyl (C=O) groups is 2. The number of fused-ring (bicyclic) bond motifs is 1. The first-order valence-electron chi connectivity index (χ1n) is 6.94. The highest BCUT2D eigenvalue weighted by Crippen LogP contribution is 2.26. The minimum absolute atomic E-state index is 0.0436.